The van der Waals surface area contributed by atoms with Crippen molar-refractivity contribution in [2.75, 3.05) is 0 Å². The van der Waals surface area contributed by atoms with Crippen LogP contribution in [0.5, 0.6) is 0 Å². The van der Waals surface area contributed by atoms with Gasteiger partial charge in [0.15, 0.2) is 0 Å². The molecule has 0 heteroatoms. The SMILES string of the molecule is CC(C)(C)c1cc(C(C)(C)C)c(C2C(c3ccccc3)=C(c3ccccc3)C2c2c(C(C)(C)C)cc(C(C)(C)C)cc2C(C)(C)C)c(C(C)(C)C)c1. The van der Waals surface area contributed by atoms with Crippen molar-refractivity contribution < 1.29 is 0 Å². The minimum absolute atomic E-state index is 0.0342. The summed E-state index contributed by atoms with van der Waals surface area (Å²) in [5, 5.41) is 0. The van der Waals surface area contributed by atoms with Crippen LogP contribution in [-0.4, -0.2) is 0 Å². The Morgan fingerprint density at radius 3 is 0.731 bits per heavy atom. The van der Waals surface area contributed by atoms with Gasteiger partial charge >= 0.3 is 0 Å². The van der Waals surface area contributed by atoms with E-state index in [9.17, 15) is 0 Å². The van der Waals surface area contributed by atoms with Crippen molar-refractivity contribution in [3.05, 3.63) is 141 Å². The van der Waals surface area contributed by atoms with Crippen LogP contribution >= 0.6 is 0 Å². The molecular weight excluding hydrogens is 625 g/mol. The molecule has 0 nitrogen and oxygen atoms in total. The van der Waals surface area contributed by atoms with Gasteiger partial charge in [-0.05, 0) is 99.3 Å². The van der Waals surface area contributed by atoms with Crippen LogP contribution in [0.2, 0.25) is 0 Å². The zero-order valence-electron chi connectivity index (χ0n) is 36.2. The highest BCUT2D eigenvalue weighted by atomic mass is 14.5. The van der Waals surface area contributed by atoms with Gasteiger partial charge in [0.1, 0.15) is 0 Å². The van der Waals surface area contributed by atoms with Gasteiger partial charge in [0.2, 0.25) is 0 Å². The van der Waals surface area contributed by atoms with E-state index in [1.54, 1.807) is 0 Å². The van der Waals surface area contributed by atoms with Crippen molar-refractivity contribution in [2.24, 2.45) is 0 Å². The lowest BCUT2D eigenvalue weighted by atomic mass is 9.53. The van der Waals surface area contributed by atoms with Gasteiger partial charge in [0.25, 0.3) is 0 Å². The molecule has 52 heavy (non-hydrogen) atoms. The van der Waals surface area contributed by atoms with E-state index >= 15 is 0 Å². The normalized spacial score (nSPS) is 17.7. The fourth-order valence-corrected chi connectivity index (χ4v) is 8.42. The average molecular weight is 695 g/mol. The molecule has 1 aliphatic carbocycles. The first-order chi connectivity index (χ1) is 23.6. The van der Waals surface area contributed by atoms with Gasteiger partial charge in [0.05, 0.1) is 0 Å². The number of benzene rings is 4. The second kappa shape index (κ2) is 13.2. The van der Waals surface area contributed by atoms with Gasteiger partial charge in [-0.25, -0.2) is 0 Å². The van der Waals surface area contributed by atoms with Gasteiger partial charge in [0, 0.05) is 11.8 Å². The lowest BCUT2D eigenvalue weighted by Gasteiger charge is -2.50. The minimum atomic E-state index is -0.0543. The third-order valence-electron chi connectivity index (χ3n) is 11.4. The molecule has 0 bridgehead atoms. The summed E-state index contributed by atoms with van der Waals surface area (Å²) in [6, 6.07) is 33.0. The average Bonchev–Trinajstić information content (AvgIpc) is 2.98. The molecule has 278 valence electrons. The Labute approximate surface area is 319 Å². The third-order valence-corrected chi connectivity index (χ3v) is 11.4. The monoisotopic (exact) mass is 695 g/mol. The second-order valence-electron chi connectivity index (χ2n) is 22.0. The molecule has 0 N–H and O–H groups in total. The molecule has 4 aromatic rings. The molecule has 0 aromatic heterocycles. The highest BCUT2D eigenvalue weighted by Gasteiger charge is 2.50. The largest absolute Gasteiger partial charge is 0.0622 e. The first-order valence-electron chi connectivity index (χ1n) is 19.9. The Balaban J connectivity index is 2.10. The van der Waals surface area contributed by atoms with Crippen LogP contribution in [0.4, 0.5) is 0 Å². The van der Waals surface area contributed by atoms with Crippen molar-refractivity contribution in [3.63, 3.8) is 0 Å². The molecule has 0 saturated carbocycles. The molecule has 0 fully saturated rings. The molecule has 2 unspecified atom stereocenters. The molecule has 5 rings (SSSR count). The summed E-state index contributed by atoms with van der Waals surface area (Å²) in [6.45, 7) is 43.4. The summed E-state index contributed by atoms with van der Waals surface area (Å²) in [5.74, 6) is 0.357. The maximum absolute atomic E-state index is 2.59. The number of rotatable bonds is 4. The van der Waals surface area contributed by atoms with Crippen molar-refractivity contribution in [2.45, 2.75) is 169 Å². The van der Waals surface area contributed by atoms with E-state index in [2.05, 4.69) is 210 Å². The summed E-state index contributed by atoms with van der Waals surface area (Å²) in [5.41, 5.74) is 17.4. The Morgan fingerprint density at radius 1 is 0.308 bits per heavy atom. The summed E-state index contributed by atoms with van der Waals surface area (Å²) in [4.78, 5) is 0. The fourth-order valence-electron chi connectivity index (χ4n) is 8.42. The molecule has 0 saturated heterocycles. The van der Waals surface area contributed by atoms with Gasteiger partial charge < -0.3 is 0 Å². The molecule has 1 aliphatic rings. The first-order valence-corrected chi connectivity index (χ1v) is 19.9. The lowest BCUT2D eigenvalue weighted by molar-refractivity contribution is 0.510. The molecular formula is C52H70. The zero-order chi connectivity index (χ0) is 39.0. The molecule has 0 heterocycles. The summed E-state index contributed by atoms with van der Waals surface area (Å²) < 4.78 is 0. The Hall–Kier alpha value is -3.38. The van der Waals surface area contributed by atoms with E-state index in [4.69, 9.17) is 0 Å². The van der Waals surface area contributed by atoms with Crippen LogP contribution in [0.1, 0.15) is 192 Å². The highest BCUT2D eigenvalue weighted by molar-refractivity contribution is 6.05. The van der Waals surface area contributed by atoms with Crippen molar-refractivity contribution in [1.82, 2.24) is 0 Å². The van der Waals surface area contributed by atoms with E-state index in [0.717, 1.165) is 0 Å². The summed E-state index contributed by atoms with van der Waals surface area (Å²) in [6.07, 6.45) is 0. The molecule has 0 spiro atoms. The topological polar surface area (TPSA) is 0 Å². The quantitative estimate of drug-likeness (QED) is 0.199. The van der Waals surface area contributed by atoms with E-state index in [0.29, 0.717) is 0 Å². The number of hydrogen-bond acceptors (Lipinski definition) is 0. The van der Waals surface area contributed by atoms with Gasteiger partial charge in [-0.1, -0.05) is 210 Å². The van der Waals surface area contributed by atoms with Crippen LogP contribution in [0.25, 0.3) is 11.1 Å². The van der Waals surface area contributed by atoms with Crippen LogP contribution in [0.3, 0.4) is 0 Å². The van der Waals surface area contributed by atoms with Crippen LogP contribution < -0.4 is 0 Å². The number of allylic oxidation sites excluding steroid dienone is 2. The highest BCUT2D eigenvalue weighted by Crippen LogP contribution is 2.66. The van der Waals surface area contributed by atoms with Gasteiger partial charge in [-0.15, -0.1) is 0 Å². The molecule has 2 atom stereocenters. The Bertz CT molecular complexity index is 1720. The predicted molar refractivity (Wildman–Crippen MR) is 230 cm³/mol. The summed E-state index contributed by atoms with van der Waals surface area (Å²) in [7, 11) is 0. The lowest BCUT2D eigenvalue weighted by Crippen LogP contribution is -2.35. The minimum Gasteiger partial charge on any atom is -0.0622 e. The van der Waals surface area contributed by atoms with Gasteiger partial charge in [-0.3, -0.25) is 0 Å². The van der Waals surface area contributed by atoms with Crippen molar-refractivity contribution in [3.8, 4) is 0 Å². The Kier molecular flexibility index (Phi) is 10.1. The molecule has 0 radical (unpaired) electrons. The number of hydrogen-bond donors (Lipinski definition) is 0. The zero-order valence-corrected chi connectivity index (χ0v) is 36.2. The van der Waals surface area contributed by atoms with Crippen molar-refractivity contribution in [1.29, 1.82) is 0 Å². The standard InChI is InChI=1S/C52H70/c1-47(2,3)35-29-37(49(7,8)9)43(38(30-35)50(10,11)12)45-41(33-25-21-19-22-26-33)42(34-27-23-20-24-28-34)46(45)44-39(51(13,14)15)31-36(48(4,5)6)32-40(44)52(16,17)18/h19-32,45-46H,1-18H3. The maximum atomic E-state index is 2.59. The van der Waals surface area contributed by atoms with Crippen molar-refractivity contribution >= 4 is 11.1 Å². The Morgan fingerprint density at radius 2 is 0.538 bits per heavy atom. The fraction of sp³-hybridized carbons (Fsp3) is 0.500. The first kappa shape index (κ1) is 39.8. The van der Waals surface area contributed by atoms with E-state index in [-0.39, 0.29) is 44.3 Å². The van der Waals surface area contributed by atoms with E-state index < -0.39 is 0 Å². The van der Waals surface area contributed by atoms with Crippen LogP contribution in [-0.2, 0) is 32.5 Å². The van der Waals surface area contributed by atoms with E-state index in [1.807, 2.05) is 0 Å². The second-order valence-corrected chi connectivity index (χ2v) is 22.0. The summed E-state index contributed by atoms with van der Waals surface area (Å²) >= 11 is 0. The van der Waals surface area contributed by atoms with Crippen LogP contribution in [0, 0.1) is 0 Å². The van der Waals surface area contributed by atoms with Crippen LogP contribution in [0.15, 0.2) is 84.9 Å². The predicted octanol–water partition coefficient (Wildman–Crippen LogP) is 15.0. The molecule has 4 aromatic carbocycles. The van der Waals surface area contributed by atoms with E-state index in [1.165, 1.54) is 66.8 Å². The molecule has 0 aliphatic heterocycles. The smallest absolute Gasteiger partial charge is 0.0214 e. The maximum Gasteiger partial charge on any atom is 0.0214 e. The molecule has 0 amide bonds. The third kappa shape index (κ3) is 7.65. The van der Waals surface area contributed by atoms with Gasteiger partial charge in [-0.2, -0.15) is 0 Å².